The second-order valence-electron chi connectivity index (χ2n) is 4.70. The van der Waals surface area contributed by atoms with Crippen LogP contribution in [0.15, 0.2) is 23.4 Å². The van der Waals surface area contributed by atoms with Crippen molar-refractivity contribution in [2.24, 2.45) is 10.9 Å². The Hall–Kier alpha value is -1.42. The summed E-state index contributed by atoms with van der Waals surface area (Å²) in [6.07, 6.45) is 5.06. The molecule has 0 amide bonds. The zero-order valence-corrected chi connectivity index (χ0v) is 11.2. The number of oxime groups is 1. The molecule has 18 heavy (non-hydrogen) atoms. The summed E-state index contributed by atoms with van der Waals surface area (Å²) in [6.45, 7) is 0. The van der Waals surface area contributed by atoms with Crippen LogP contribution in [0.4, 0.5) is 5.69 Å². The van der Waals surface area contributed by atoms with E-state index in [0.717, 1.165) is 5.69 Å². The zero-order valence-electron chi connectivity index (χ0n) is 10.4. The van der Waals surface area contributed by atoms with Crippen molar-refractivity contribution in [1.29, 1.82) is 0 Å². The van der Waals surface area contributed by atoms with Crippen LogP contribution in [0.2, 0.25) is 5.02 Å². The summed E-state index contributed by atoms with van der Waals surface area (Å²) < 4.78 is 0. The second kappa shape index (κ2) is 5.48. The van der Waals surface area contributed by atoms with Gasteiger partial charge in [0.25, 0.3) is 0 Å². The van der Waals surface area contributed by atoms with E-state index in [1.165, 1.54) is 25.7 Å². The van der Waals surface area contributed by atoms with Gasteiger partial charge in [-0.15, -0.1) is 0 Å². The third kappa shape index (κ3) is 2.53. The highest BCUT2D eigenvalue weighted by molar-refractivity contribution is 6.34. The van der Waals surface area contributed by atoms with E-state index in [2.05, 4.69) is 17.1 Å². The Kier molecular flexibility index (Phi) is 3.97. The maximum absolute atomic E-state index is 8.66. The van der Waals surface area contributed by atoms with Gasteiger partial charge in [-0.25, -0.2) is 0 Å². The summed E-state index contributed by atoms with van der Waals surface area (Å²) in [6, 6.07) is 6.21. The fourth-order valence-corrected chi connectivity index (χ4v) is 2.76. The van der Waals surface area contributed by atoms with Crippen molar-refractivity contribution in [2.75, 3.05) is 11.9 Å². The molecule has 5 heteroatoms. The molecular weight excluding hydrogens is 250 g/mol. The van der Waals surface area contributed by atoms with Crippen molar-refractivity contribution < 1.29 is 5.21 Å². The van der Waals surface area contributed by atoms with Crippen LogP contribution in [0.25, 0.3) is 0 Å². The summed E-state index contributed by atoms with van der Waals surface area (Å²) in [5, 5.41) is 12.1. The maximum atomic E-state index is 8.66. The molecule has 1 saturated carbocycles. The first-order valence-electron chi connectivity index (χ1n) is 6.13. The number of hydrogen-bond donors (Lipinski definition) is 2. The minimum Gasteiger partial charge on any atom is -0.409 e. The van der Waals surface area contributed by atoms with Crippen LogP contribution in [0.3, 0.4) is 0 Å². The van der Waals surface area contributed by atoms with E-state index in [4.69, 9.17) is 22.5 Å². The van der Waals surface area contributed by atoms with Crippen LogP contribution in [0.1, 0.15) is 31.2 Å². The van der Waals surface area contributed by atoms with Crippen molar-refractivity contribution in [1.82, 2.24) is 0 Å². The topological polar surface area (TPSA) is 61.8 Å². The largest absolute Gasteiger partial charge is 0.409 e. The molecule has 1 aromatic rings. The molecule has 98 valence electrons. The lowest BCUT2D eigenvalue weighted by molar-refractivity contribution is 0.318. The Balaban J connectivity index is 2.22. The molecule has 4 nitrogen and oxygen atoms in total. The predicted octanol–water partition coefficient (Wildman–Crippen LogP) is 2.81. The number of halogens is 1. The highest BCUT2D eigenvalue weighted by Crippen LogP contribution is 2.29. The Morgan fingerprint density at radius 3 is 2.67 bits per heavy atom. The number of amidine groups is 1. The van der Waals surface area contributed by atoms with Gasteiger partial charge in [0, 0.05) is 24.3 Å². The molecule has 0 spiro atoms. The molecule has 2 rings (SSSR count). The quantitative estimate of drug-likeness (QED) is 0.383. The fourth-order valence-electron chi connectivity index (χ4n) is 2.49. The SMILES string of the molecule is CN(c1ccc(/C(N)=N/O)c(Cl)c1)C1CCCC1. The Morgan fingerprint density at radius 2 is 2.11 bits per heavy atom. The number of rotatable bonds is 3. The molecule has 1 aliphatic carbocycles. The first kappa shape index (κ1) is 13.0. The Labute approximate surface area is 112 Å². The van der Waals surface area contributed by atoms with Crippen molar-refractivity contribution in [3.8, 4) is 0 Å². The number of nitrogens with zero attached hydrogens (tertiary/aromatic N) is 2. The first-order chi connectivity index (χ1) is 8.63. The van der Waals surface area contributed by atoms with E-state index >= 15 is 0 Å². The number of benzene rings is 1. The number of hydrogen-bond acceptors (Lipinski definition) is 3. The Morgan fingerprint density at radius 1 is 1.44 bits per heavy atom. The average molecular weight is 268 g/mol. The molecule has 3 N–H and O–H groups in total. The first-order valence-corrected chi connectivity index (χ1v) is 6.51. The molecule has 0 aliphatic heterocycles. The van der Waals surface area contributed by atoms with Crippen LogP contribution < -0.4 is 10.6 Å². The van der Waals surface area contributed by atoms with Crippen LogP contribution in [0, 0.1) is 0 Å². The predicted molar refractivity (Wildman–Crippen MR) is 74.6 cm³/mol. The van der Waals surface area contributed by atoms with Gasteiger partial charge in [-0.3, -0.25) is 0 Å². The molecule has 1 aliphatic rings. The van der Waals surface area contributed by atoms with Gasteiger partial charge in [-0.05, 0) is 31.0 Å². The van der Waals surface area contributed by atoms with Gasteiger partial charge in [-0.1, -0.05) is 29.6 Å². The molecule has 0 radical (unpaired) electrons. The van der Waals surface area contributed by atoms with Crippen molar-refractivity contribution >= 4 is 23.1 Å². The van der Waals surface area contributed by atoms with Crippen LogP contribution >= 0.6 is 11.6 Å². The van der Waals surface area contributed by atoms with Gasteiger partial charge in [0.05, 0.1) is 5.02 Å². The van der Waals surface area contributed by atoms with E-state index in [9.17, 15) is 0 Å². The standard InChI is InChI=1S/C13H18ClN3O/c1-17(9-4-2-3-5-9)10-6-7-11(12(14)8-10)13(15)16-18/h6-9,18H,2-5H2,1H3,(H2,15,16). The van der Waals surface area contributed by atoms with E-state index in [1.807, 2.05) is 12.1 Å². The molecule has 0 saturated heterocycles. The minimum atomic E-state index is 0.0371. The molecular formula is C13H18ClN3O. The third-order valence-corrected chi connectivity index (χ3v) is 3.93. The lowest BCUT2D eigenvalue weighted by atomic mass is 10.1. The van der Waals surface area contributed by atoms with Crippen molar-refractivity contribution in [2.45, 2.75) is 31.7 Å². The van der Waals surface area contributed by atoms with Gasteiger partial charge < -0.3 is 15.8 Å². The molecule has 1 aromatic carbocycles. The smallest absolute Gasteiger partial charge is 0.171 e. The summed E-state index contributed by atoms with van der Waals surface area (Å²) in [4.78, 5) is 2.26. The second-order valence-corrected chi connectivity index (χ2v) is 5.11. The van der Waals surface area contributed by atoms with E-state index in [1.54, 1.807) is 6.07 Å². The van der Waals surface area contributed by atoms with Crippen molar-refractivity contribution in [3.05, 3.63) is 28.8 Å². The van der Waals surface area contributed by atoms with Gasteiger partial charge >= 0.3 is 0 Å². The fraction of sp³-hybridized carbons (Fsp3) is 0.462. The monoisotopic (exact) mass is 267 g/mol. The number of nitrogens with two attached hydrogens (primary N) is 1. The molecule has 0 bridgehead atoms. The maximum Gasteiger partial charge on any atom is 0.171 e. The van der Waals surface area contributed by atoms with Crippen LogP contribution in [0.5, 0.6) is 0 Å². The summed E-state index contributed by atoms with van der Waals surface area (Å²) in [5.74, 6) is 0.0371. The van der Waals surface area contributed by atoms with Gasteiger partial charge in [0.15, 0.2) is 5.84 Å². The van der Waals surface area contributed by atoms with E-state index in [-0.39, 0.29) is 5.84 Å². The van der Waals surface area contributed by atoms with Crippen LogP contribution in [-0.4, -0.2) is 24.1 Å². The van der Waals surface area contributed by atoms with Gasteiger partial charge in [0.2, 0.25) is 0 Å². The average Bonchev–Trinajstić information content (AvgIpc) is 2.90. The molecule has 0 atom stereocenters. The van der Waals surface area contributed by atoms with E-state index in [0.29, 0.717) is 16.6 Å². The lowest BCUT2D eigenvalue weighted by Gasteiger charge is -2.27. The lowest BCUT2D eigenvalue weighted by Crippen LogP contribution is -2.28. The van der Waals surface area contributed by atoms with Crippen molar-refractivity contribution in [3.63, 3.8) is 0 Å². The highest BCUT2D eigenvalue weighted by atomic mass is 35.5. The summed E-state index contributed by atoms with van der Waals surface area (Å²) in [7, 11) is 2.09. The normalized spacial score (nSPS) is 17.1. The summed E-state index contributed by atoms with van der Waals surface area (Å²) >= 11 is 6.16. The molecule has 1 fully saturated rings. The number of anilines is 1. The highest BCUT2D eigenvalue weighted by Gasteiger charge is 2.20. The van der Waals surface area contributed by atoms with Gasteiger partial charge in [-0.2, -0.15) is 0 Å². The third-order valence-electron chi connectivity index (χ3n) is 3.62. The molecule has 0 heterocycles. The Bertz CT molecular complexity index is 456. The zero-order chi connectivity index (χ0) is 13.1. The van der Waals surface area contributed by atoms with Crippen LogP contribution in [-0.2, 0) is 0 Å². The molecule has 0 aromatic heterocycles. The van der Waals surface area contributed by atoms with Gasteiger partial charge in [0.1, 0.15) is 0 Å². The minimum absolute atomic E-state index is 0.0371. The van der Waals surface area contributed by atoms with E-state index < -0.39 is 0 Å². The molecule has 0 unspecified atom stereocenters. The summed E-state index contributed by atoms with van der Waals surface area (Å²) in [5.41, 5.74) is 7.17.